The molecule has 0 N–H and O–H groups in total. The van der Waals surface area contributed by atoms with Gasteiger partial charge in [-0.3, -0.25) is 0 Å². The van der Waals surface area contributed by atoms with E-state index in [1.165, 1.54) is 70.0 Å². The van der Waals surface area contributed by atoms with Crippen molar-refractivity contribution in [1.29, 1.82) is 0 Å². The van der Waals surface area contributed by atoms with Gasteiger partial charge in [0.1, 0.15) is 0 Å². The van der Waals surface area contributed by atoms with E-state index < -0.39 is 0 Å². The van der Waals surface area contributed by atoms with Crippen molar-refractivity contribution in [2.24, 2.45) is 0 Å². The van der Waals surface area contributed by atoms with Crippen LogP contribution in [0.2, 0.25) is 0 Å². The molecule has 0 saturated carbocycles. The standard InChI is InChI=1S/C28H14S6/c1-3-17(29-13-1)19-9-11-23(31-19)27-15-5-7-22-26-16(6-8-21(33-27)25(15)26)28(34-22)24-12-10-20(32-24)18-4-2-14-30-18/h1-14H. The highest BCUT2D eigenvalue weighted by molar-refractivity contribution is 7.30. The van der Waals surface area contributed by atoms with Gasteiger partial charge in [-0.1, -0.05) is 24.3 Å². The molecule has 6 heterocycles. The van der Waals surface area contributed by atoms with E-state index in [0.717, 1.165) is 0 Å². The Morgan fingerprint density at radius 3 is 1.29 bits per heavy atom. The van der Waals surface area contributed by atoms with Crippen LogP contribution in [-0.2, 0) is 0 Å². The van der Waals surface area contributed by atoms with Gasteiger partial charge in [0.25, 0.3) is 0 Å². The topological polar surface area (TPSA) is 0 Å². The molecule has 0 aliphatic rings. The van der Waals surface area contributed by atoms with Crippen LogP contribution in [0, 0.1) is 0 Å². The highest BCUT2D eigenvalue weighted by Crippen LogP contribution is 2.52. The van der Waals surface area contributed by atoms with Crippen LogP contribution < -0.4 is 0 Å². The van der Waals surface area contributed by atoms with Crippen LogP contribution in [0.25, 0.3) is 70.0 Å². The van der Waals surface area contributed by atoms with Crippen molar-refractivity contribution in [1.82, 2.24) is 0 Å². The summed E-state index contributed by atoms with van der Waals surface area (Å²) in [5.41, 5.74) is 0. The number of hydrogen-bond acceptors (Lipinski definition) is 6. The summed E-state index contributed by atoms with van der Waals surface area (Å²) < 4.78 is 2.79. The van der Waals surface area contributed by atoms with E-state index in [-0.39, 0.29) is 0 Å². The summed E-state index contributed by atoms with van der Waals surface area (Å²) in [6.07, 6.45) is 0. The van der Waals surface area contributed by atoms with Crippen LogP contribution in [0.3, 0.4) is 0 Å². The fourth-order valence-electron chi connectivity index (χ4n) is 4.70. The molecule has 8 aromatic rings. The predicted octanol–water partition coefficient (Wildman–Crippen LogP) is 11.6. The van der Waals surface area contributed by atoms with E-state index in [2.05, 4.69) is 83.6 Å². The molecule has 0 aliphatic carbocycles. The van der Waals surface area contributed by atoms with Gasteiger partial charge >= 0.3 is 0 Å². The lowest BCUT2D eigenvalue weighted by Crippen LogP contribution is -1.74. The van der Waals surface area contributed by atoms with Crippen LogP contribution in [0.4, 0.5) is 0 Å². The number of rotatable bonds is 4. The molecule has 0 saturated heterocycles. The van der Waals surface area contributed by atoms with Crippen LogP contribution in [0.5, 0.6) is 0 Å². The summed E-state index contributed by atoms with van der Waals surface area (Å²) in [6, 6.07) is 27.3. The van der Waals surface area contributed by atoms with Crippen LogP contribution in [0.15, 0.2) is 83.6 Å². The molecular formula is C28H14S6. The Morgan fingerprint density at radius 1 is 0.382 bits per heavy atom. The van der Waals surface area contributed by atoms with Gasteiger partial charge in [0.2, 0.25) is 0 Å². The van der Waals surface area contributed by atoms with Gasteiger partial charge in [-0.25, -0.2) is 0 Å². The van der Waals surface area contributed by atoms with Gasteiger partial charge in [0, 0.05) is 60.2 Å². The zero-order chi connectivity index (χ0) is 22.2. The Hall–Kier alpha value is -2.32. The van der Waals surface area contributed by atoms with E-state index in [9.17, 15) is 0 Å². The molecule has 0 bridgehead atoms. The number of thiophene rings is 6. The fraction of sp³-hybridized carbons (Fsp3) is 0. The van der Waals surface area contributed by atoms with Gasteiger partial charge in [-0.05, 0) is 59.3 Å². The van der Waals surface area contributed by atoms with Crippen molar-refractivity contribution in [2.45, 2.75) is 0 Å². The first-order valence-electron chi connectivity index (χ1n) is 10.8. The van der Waals surface area contributed by atoms with Crippen molar-refractivity contribution in [3.63, 3.8) is 0 Å². The number of hydrogen-bond donors (Lipinski definition) is 0. The van der Waals surface area contributed by atoms with Crippen LogP contribution in [-0.4, -0.2) is 0 Å². The maximum Gasteiger partial charge on any atom is 0.0528 e. The molecule has 6 heteroatoms. The summed E-state index contributed by atoms with van der Waals surface area (Å²) >= 11 is 11.3. The van der Waals surface area contributed by atoms with E-state index >= 15 is 0 Å². The maximum atomic E-state index is 2.35. The van der Waals surface area contributed by atoms with E-state index in [0.29, 0.717) is 0 Å². The van der Waals surface area contributed by atoms with Gasteiger partial charge in [0.05, 0.1) is 9.75 Å². The Kier molecular flexibility index (Phi) is 4.45. The second kappa shape index (κ2) is 7.59. The molecule has 0 fully saturated rings. The first-order valence-corrected chi connectivity index (χ1v) is 15.8. The Balaban J connectivity index is 1.31. The summed E-state index contributed by atoms with van der Waals surface area (Å²) in [5.74, 6) is 0. The molecule has 0 atom stereocenters. The van der Waals surface area contributed by atoms with Crippen LogP contribution >= 0.6 is 68.0 Å². The molecule has 162 valence electrons. The maximum absolute atomic E-state index is 2.35. The van der Waals surface area contributed by atoms with Gasteiger partial charge in [-0.15, -0.1) is 68.0 Å². The smallest absolute Gasteiger partial charge is 0.0528 e. The Morgan fingerprint density at radius 2 is 0.853 bits per heavy atom. The van der Waals surface area contributed by atoms with Gasteiger partial charge in [-0.2, -0.15) is 0 Å². The quantitative estimate of drug-likeness (QED) is 0.207. The normalized spacial score (nSPS) is 12.1. The van der Waals surface area contributed by atoms with Crippen molar-refractivity contribution in [2.75, 3.05) is 0 Å². The molecule has 0 amide bonds. The largest absolute Gasteiger partial charge is 0.143 e. The molecular weight excluding hydrogens is 529 g/mol. The third-order valence-electron chi connectivity index (χ3n) is 6.19. The molecule has 2 aromatic carbocycles. The summed E-state index contributed by atoms with van der Waals surface area (Å²) in [5, 5.41) is 9.99. The predicted molar refractivity (Wildman–Crippen MR) is 159 cm³/mol. The zero-order valence-electron chi connectivity index (χ0n) is 17.5. The molecule has 0 aliphatic heterocycles. The second-order valence-corrected chi connectivity index (χ2v) is 14.3. The van der Waals surface area contributed by atoms with Gasteiger partial charge < -0.3 is 0 Å². The van der Waals surface area contributed by atoms with Crippen molar-refractivity contribution >= 4 is 99.0 Å². The third-order valence-corrected chi connectivity index (χ3v) is 13.2. The molecule has 0 nitrogen and oxygen atoms in total. The Bertz CT molecular complexity index is 1760. The van der Waals surface area contributed by atoms with E-state index in [1.54, 1.807) is 0 Å². The third kappa shape index (κ3) is 2.90. The average Bonchev–Trinajstić information content (AvgIpc) is 3.70. The fourth-order valence-corrected chi connectivity index (χ4v) is 11.0. The second-order valence-electron chi connectivity index (χ2n) is 8.12. The lowest BCUT2D eigenvalue weighted by Gasteiger charge is -2.00. The van der Waals surface area contributed by atoms with E-state index in [1.807, 2.05) is 68.0 Å². The minimum Gasteiger partial charge on any atom is -0.143 e. The summed E-state index contributed by atoms with van der Waals surface area (Å²) in [4.78, 5) is 11.0. The highest BCUT2D eigenvalue weighted by Gasteiger charge is 2.21. The van der Waals surface area contributed by atoms with Crippen LogP contribution in [0.1, 0.15) is 0 Å². The molecule has 6 aromatic heterocycles. The molecule has 0 unspecified atom stereocenters. The Labute approximate surface area is 220 Å². The lowest BCUT2D eigenvalue weighted by atomic mass is 10.0. The number of benzene rings is 2. The zero-order valence-corrected chi connectivity index (χ0v) is 22.4. The SMILES string of the molecule is c1csc(-c2ccc(-c3sc4ccc5c(-c6ccc(-c7cccs7)s6)sc6ccc3c4c65)s2)c1. The monoisotopic (exact) mass is 542 g/mol. The van der Waals surface area contributed by atoms with E-state index in [4.69, 9.17) is 0 Å². The summed E-state index contributed by atoms with van der Waals surface area (Å²) in [7, 11) is 0. The van der Waals surface area contributed by atoms with Gasteiger partial charge in [0.15, 0.2) is 0 Å². The minimum absolute atomic E-state index is 1.35. The first kappa shape index (κ1) is 19.9. The first-order chi connectivity index (χ1) is 16.8. The van der Waals surface area contributed by atoms with Crippen molar-refractivity contribution in [3.8, 4) is 39.0 Å². The van der Waals surface area contributed by atoms with Crippen molar-refractivity contribution in [3.05, 3.63) is 83.6 Å². The average molecular weight is 543 g/mol. The minimum atomic E-state index is 1.35. The lowest BCUT2D eigenvalue weighted by molar-refractivity contribution is 1.92. The molecule has 0 spiro atoms. The van der Waals surface area contributed by atoms with Crippen molar-refractivity contribution < 1.29 is 0 Å². The highest BCUT2D eigenvalue weighted by atomic mass is 32.1. The molecule has 8 rings (SSSR count). The molecule has 0 radical (unpaired) electrons. The molecule has 34 heavy (non-hydrogen) atoms. The summed E-state index contributed by atoms with van der Waals surface area (Å²) in [6.45, 7) is 0.